The summed E-state index contributed by atoms with van der Waals surface area (Å²) in [5.74, 6) is 0.276. The van der Waals surface area contributed by atoms with E-state index in [4.69, 9.17) is 9.47 Å². The second-order valence-corrected chi connectivity index (χ2v) is 15.3. The molecular formula is C34H45N5O6S. The molecule has 0 bridgehead atoms. The molecule has 2 atom stereocenters. The van der Waals surface area contributed by atoms with Gasteiger partial charge in [0, 0.05) is 55.7 Å². The Morgan fingerprint density at radius 2 is 1.74 bits per heavy atom. The molecule has 1 aliphatic carbocycles. The average Bonchev–Trinajstić information content (AvgIpc) is 3.28. The Hall–Kier alpha value is -3.61. The summed E-state index contributed by atoms with van der Waals surface area (Å²) in [6.45, 7) is 5.74. The summed E-state index contributed by atoms with van der Waals surface area (Å²) < 4.78 is 41.6. The Balaban J connectivity index is 1.55. The van der Waals surface area contributed by atoms with Gasteiger partial charge < -0.3 is 24.3 Å². The molecule has 2 fully saturated rings. The number of benzene rings is 2. The Bertz CT molecular complexity index is 1770. The van der Waals surface area contributed by atoms with Crippen LogP contribution < -0.4 is 14.8 Å². The van der Waals surface area contributed by atoms with E-state index >= 15 is 0 Å². The molecule has 0 spiro atoms. The standard InChI is InChI=1S/C34H45N5O6S/c1-21-28-17-24(44-5)13-15-26(28)31-30(22-10-8-7-9-11-22)27-14-12-23(32(40)36-46(42,43)37(3)4)16-29(27)39(31)20-34(21,2)35-33(41)38-18-25(19-38)45-6/h12-17,21-22,25H,7-11,18-20H2,1-6H3,(H,35,41)(H,36,40). The summed E-state index contributed by atoms with van der Waals surface area (Å²) in [4.78, 5) is 28.7. The first-order chi connectivity index (χ1) is 21.9. The van der Waals surface area contributed by atoms with Crippen LogP contribution in [0.5, 0.6) is 5.75 Å². The van der Waals surface area contributed by atoms with E-state index in [0.717, 1.165) is 63.5 Å². The highest BCUT2D eigenvalue weighted by Crippen LogP contribution is 2.50. The van der Waals surface area contributed by atoms with E-state index in [1.54, 1.807) is 31.3 Å². The number of ether oxygens (including phenoxy) is 2. The maximum Gasteiger partial charge on any atom is 0.318 e. The molecule has 2 unspecified atom stereocenters. The molecule has 0 radical (unpaired) electrons. The second-order valence-electron chi connectivity index (χ2n) is 13.4. The molecule has 3 amide bonds. The SMILES string of the molecule is COc1ccc2c(c1)C(C)C(C)(NC(=O)N1CC(OC)C1)Cn1c-2c(C2CCCCC2)c2ccc(C(=O)NS(=O)(=O)N(C)C)cc21. The second kappa shape index (κ2) is 12.2. The van der Waals surface area contributed by atoms with Crippen LogP contribution >= 0.6 is 0 Å². The zero-order valence-corrected chi connectivity index (χ0v) is 28.4. The molecule has 12 heteroatoms. The monoisotopic (exact) mass is 651 g/mol. The van der Waals surface area contributed by atoms with Crippen LogP contribution in [0.25, 0.3) is 22.2 Å². The van der Waals surface area contributed by atoms with Crippen molar-refractivity contribution in [2.45, 2.75) is 76.0 Å². The quantitative estimate of drug-likeness (QED) is 0.378. The fourth-order valence-corrected chi connectivity index (χ4v) is 7.85. The van der Waals surface area contributed by atoms with E-state index in [-0.39, 0.29) is 23.6 Å². The summed E-state index contributed by atoms with van der Waals surface area (Å²) in [5.41, 5.74) is 4.85. The summed E-state index contributed by atoms with van der Waals surface area (Å²) in [6, 6.07) is 11.5. The van der Waals surface area contributed by atoms with Gasteiger partial charge in [-0.3, -0.25) is 4.79 Å². The van der Waals surface area contributed by atoms with Crippen molar-refractivity contribution in [1.29, 1.82) is 0 Å². The van der Waals surface area contributed by atoms with Crippen molar-refractivity contribution in [3.63, 3.8) is 0 Å². The molecule has 3 aliphatic rings. The molecule has 248 valence electrons. The summed E-state index contributed by atoms with van der Waals surface area (Å²) in [5, 5.41) is 4.44. The maximum atomic E-state index is 13.6. The number of nitrogens with one attached hydrogen (secondary N) is 2. The third-order valence-electron chi connectivity index (χ3n) is 10.4. The molecule has 2 aromatic carbocycles. The van der Waals surface area contributed by atoms with E-state index in [9.17, 15) is 18.0 Å². The van der Waals surface area contributed by atoms with E-state index in [0.29, 0.717) is 25.6 Å². The van der Waals surface area contributed by atoms with E-state index in [2.05, 4.69) is 40.6 Å². The number of aromatic nitrogens is 1. The minimum Gasteiger partial charge on any atom is -0.497 e. The molecule has 1 saturated heterocycles. The highest BCUT2D eigenvalue weighted by atomic mass is 32.2. The van der Waals surface area contributed by atoms with Crippen LogP contribution in [0.15, 0.2) is 36.4 Å². The molecule has 3 heterocycles. The number of hydrogen-bond donors (Lipinski definition) is 2. The fraction of sp³-hybridized carbons (Fsp3) is 0.529. The van der Waals surface area contributed by atoms with Gasteiger partial charge in [0.05, 0.1) is 37.5 Å². The Morgan fingerprint density at radius 1 is 1.02 bits per heavy atom. The average molecular weight is 652 g/mol. The van der Waals surface area contributed by atoms with Gasteiger partial charge in [-0.2, -0.15) is 12.7 Å². The van der Waals surface area contributed by atoms with Crippen LogP contribution in [0.4, 0.5) is 4.79 Å². The van der Waals surface area contributed by atoms with Gasteiger partial charge in [0.15, 0.2) is 0 Å². The minimum absolute atomic E-state index is 0.0361. The van der Waals surface area contributed by atoms with Crippen LogP contribution in [0.3, 0.4) is 0 Å². The lowest BCUT2D eigenvalue weighted by Gasteiger charge is -2.43. The van der Waals surface area contributed by atoms with Gasteiger partial charge in [0.1, 0.15) is 5.75 Å². The predicted molar refractivity (Wildman–Crippen MR) is 178 cm³/mol. The van der Waals surface area contributed by atoms with Crippen molar-refractivity contribution in [3.8, 4) is 17.0 Å². The Morgan fingerprint density at radius 3 is 2.39 bits per heavy atom. The third kappa shape index (κ3) is 5.64. The number of amides is 3. The van der Waals surface area contributed by atoms with Gasteiger partial charge in [-0.25, -0.2) is 9.52 Å². The molecule has 46 heavy (non-hydrogen) atoms. The molecule has 11 nitrogen and oxygen atoms in total. The van der Waals surface area contributed by atoms with Crippen LogP contribution in [0.1, 0.15) is 79.3 Å². The predicted octanol–water partition coefficient (Wildman–Crippen LogP) is 4.82. The first kappa shape index (κ1) is 32.3. The van der Waals surface area contributed by atoms with Gasteiger partial charge in [-0.1, -0.05) is 32.3 Å². The molecular weight excluding hydrogens is 606 g/mol. The largest absolute Gasteiger partial charge is 0.497 e. The van der Waals surface area contributed by atoms with E-state index in [1.807, 2.05) is 12.1 Å². The Labute approximate surface area is 271 Å². The van der Waals surface area contributed by atoms with Crippen molar-refractivity contribution in [3.05, 3.63) is 53.1 Å². The number of carbonyl (C=O) groups is 2. The van der Waals surface area contributed by atoms with Crippen molar-refractivity contribution in [2.24, 2.45) is 0 Å². The lowest BCUT2D eigenvalue weighted by molar-refractivity contribution is -0.00969. The number of rotatable bonds is 7. The zero-order chi connectivity index (χ0) is 33.0. The number of likely N-dealkylation sites (tertiary alicyclic amines) is 1. The van der Waals surface area contributed by atoms with Crippen LogP contribution in [-0.2, 0) is 21.5 Å². The molecule has 6 rings (SSSR count). The van der Waals surface area contributed by atoms with Gasteiger partial charge >= 0.3 is 16.2 Å². The number of fused-ring (bicyclic) bond motifs is 5. The molecule has 2 N–H and O–H groups in total. The van der Waals surface area contributed by atoms with Gasteiger partial charge in [0.25, 0.3) is 5.91 Å². The minimum atomic E-state index is -3.98. The highest BCUT2D eigenvalue weighted by molar-refractivity contribution is 7.87. The summed E-state index contributed by atoms with van der Waals surface area (Å²) in [7, 11) is 2.09. The fourth-order valence-electron chi connectivity index (χ4n) is 7.32. The maximum absolute atomic E-state index is 13.6. The zero-order valence-electron chi connectivity index (χ0n) is 27.6. The molecule has 1 saturated carbocycles. The van der Waals surface area contributed by atoms with E-state index in [1.165, 1.54) is 26.1 Å². The van der Waals surface area contributed by atoms with Crippen molar-refractivity contribution in [2.75, 3.05) is 41.4 Å². The van der Waals surface area contributed by atoms with Crippen LogP contribution in [-0.4, -0.2) is 87.2 Å². The van der Waals surface area contributed by atoms with Gasteiger partial charge in [-0.15, -0.1) is 0 Å². The molecule has 3 aromatic rings. The smallest absolute Gasteiger partial charge is 0.318 e. The highest BCUT2D eigenvalue weighted by Gasteiger charge is 2.43. The normalized spacial score (nSPS) is 22.2. The molecule has 1 aromatic heterocycles. The third-order valence-corrected chi connectivity index (χ3v) is 11.8. The summed E-state index contributed by atoms with van der Waals surface area (Å²) in [6.07, 6.45) is 5.69. The van der Waals surface area contributed by atoms with Crippen molar-refractivity contribution in [1.82, 2.24) is 23.8 Å². The van der Waals surface area contributed by atoms with Crippen molar-refractivity contribution < 1.29 is 27.5 Å². The first-order valence-electron chi connectivity index (χ1n) is 16.1. The lowest BCUT2D eigenvalue weighted by atomic mass is 9.78. The summed E-state index contributed by atoms with van der Waals surface area (Å²) >= 11 is 0. The van der Waals surface area contributed by atoms with E-state index < -0.39 is 21.7 Å². The van der Waals surface area contributed by atoms with Gasteiger partial charge in [0.2, 0.25) is 0 Å². The number of nitrogens with zero attached hydrogens (tertiary/aromatic N) is 3. The van der Waals surface area contributed by atoms with Gasteiger partial charge in [-0.05, 0) is 67.1 Å². The number of urea groups is 1. The van der Waals surface area contributed by atoms with Crippen molar-refractivity contribution >= 4 is 33.1 Å². The van der Waals surface area contributed by atoms with Crippen LogP contribution in [0.2, 0.25) is 0 Å². The topological polar surface area (TPSA) is 122 Å². The lowest BCUT2D eigenvalue weighted by Crippen LogP contribution is -2.62. The Kier molecular flexibility index (Phi) is 8.58. The number of hydrogen-bond acceptors (Lipinski definition) is 6. The van der Waals surface area contributed by atoms with Crippen LogP contribution in [0, 0.1) is 0 Å². The number of carbonyl (C=O) groups excluding carboxylic acids is 2. The number of methoxy groups -OCH3 is 2. The first-order valence-corrected chi connectivity index (χ1v) is 17.5. The molecule has 2 aliphatic heterocycles.